The van der Waals surface area contributed by atoms with E-state index in [2.05, 4.69) is 228 Å². The lowest BCUT2D eigenvalue weighted by Crippen LogP contribution is -2.10. The zero-order chi connectivity index (χ0) is 42.1. The van der Waals surface area contributed by atoms with Crippen LogP contribution in [0.5, 0.6) is 0 Å². The van der Waals surface area contributed by atoms with Crippen LogP contribution in [0.2, 0.25) is 0 Å². The fourth-order valence-corrected chi connectivity index (χ4v) is 11.2. The lowest BCUT2D eigenvalue weighted by Gasteiger charge is -2.27. The van der Waals surface area contributed by atoms with Crippen molar-refractivity contribution in [3.05, 3.63) is 231 Å². The number of hydrogen-bond acceptors (Lipinski definition) is 3. The third-order valence-corrected chi connectivity index (χ3v) is 14.0. The highest BCUT2D eigenvalue weighted by molar-refractivity contribution is 7.26. The molecule has 3 nitrogen and oxygen atoms in total. The minimum atomic E-state index is 0.910. The predicted molar refractivity (Wildman–Crippen MR) is 272 cm³/mol. The summed E-state index contributed by atoms with van der Waals surface area (Å²) in [5, 5.41) is 7.34. The highest BCUT2D eigenvalue weighted by atomic mass is 32.1. The number of hydrogen-bond donors (Lipinski definition) is 0. The Kier molecular flexibility index (Phi) is 8.40. The van der Waals surface area contributed by atoms with Crippen molar-refractivity contribution in [2.45, 2.75) is 0 Å². The zero-order valence-corrected chi connectivity index (χ0v) is 35.5. The molecule has 0 saturated heterocycles. The van der Waals surface area contributed by atoms with E-state index in [1.807, 2.05) is 23.5 Å². The van der Waals surface area contributed by atoms with Crippen LogP contribution in [-0.4, -0.2) is 4.57 Å². The number of fused-ring (bicyclic) bond motifs is 9. The molecular weight excluding hydrogens is 797 g/mol. The minimum Gasteiger partial charge on any atom is -0.456 e. The van der Waals surface area contributed by atoms with Gasteiger partial charge in [0.2, 0.25) is 0 Å². The van der Waals surface area contributed by atoms with Gasteiger partial charge in [0.25, 0.3) is 0 Å². The molecule has 64 heavy (non-hydrogen) atoms. The van der Waals surface area contributed by atoms with Crippen molar-refractivity contribution < 1.29 is 4.42 Å². The lowest BCUT2D eigenvalue weighted by atomic mass is 9.96. The maximum atomic E-state index is 6.24. The van der Waals surface area contributed by atoms with Crippen LogP contribution in [0.25, 0.3) is 103 Å². The number of benzene rings is 10. The molecule has 13 rings (SSSR count). The van der Waals surface area contributed by atoms with E-state index < -0.39 is 0 Å². The van der Waals surface area contributed by atoms with Gasteiger partial charge in [0, 0.05) is 58.8 Å². The normalized spacial score (nSPS) is 11.8. The molecule has 0 fully saturated rings. The van der Waals surface area contributed by atoms with E-state index in [4.69, 9.17) is 4.42 Å². The topological polar surface area (TPSA) is 21.3 Å². The van der Waals surface area contributed by atoms with E-state index in [-0.39, 0.29) is 0 Å². The van der Waals surface area contributed by atoms with Gasteiger partial charge in [-0.2, -0.15) is 0 Å². The predicted octanol–water partition coefficient (Wildman–Crippen LogP) is 17.5. The summed E-state index contributed by atoms with van der Waals surface area (Å²) in [6.07, 6.45) is 0. The minimum absolute atomic E-state index is 0.910. The summed E-state index contributed by atoms with van der Waals surface area (Å²) in [5.74, 6) is 0. The number of aromatic nitrogens is 1. The van der Waals surface area contributed by atoms with Crippen LogP contribution in [0.3, 0.4) is 0 Å². The Morgan fingerprint density at radius 2 is 0.969 bits per heavy atom. The first kappa shape index (κ1) is 36.5. The zero-order valence-electron chi connectivity index (χ0n) is 34.7. The maximum absolute atomic E-state index is 6.24. The number of furan rings is 1. The molecule has 0 amide bonds. The van der Waals surface area contributed by atoms with Gasteiger partial charge in [0.05, 0.1) is 16.7 Å². The Morgan fingerprint density at radius 3 is 1.73 bits per heavy atom. The molecule has 300 valence electrons. The fourth-order valence-electron chi connectivity index (χ4n) is 9.90. The summed E-state index contributed by atoms with van der Waals surface area (Å²) < 4.78 is 11.2. The van der Waals surface area contributed by atoms with Gasteiger partial charge >= 0.3 is 0 Å². The Morgan fingerprint density at radius 1 is 0.375 bits per heavy atom. The van der Waals surface area contributed by atoms with Crippen LogP contribution in [-0.2, 0) is 0 Å². The molecule has 3 heterocycles. The van der Waals surface area contributed by atoms with Gasteiger partial charge < -0.3 is 13.9 Å². The summed E-state index contributed by atoms with van der Waals surface area (Å²) >= 11 is 1.87. The number of anilines is 3. The molecule has 0 saturated carbocycles. The van der Waals surface area contributed by atoms with Crippen LogP contribution < -0.4 is 4.90 Å². The van der Waals surface area contributed by atoms with Crippen molar-refractivity contribution in [1.29, 1.82) is 0 Å². The first-order valence-electron chi connectivity index (χ1n) is 21.7. The van der Waals surface area contributed by atoms with Gasteiger partial charge in [-0.3, -0.25) is 0 Å². The summed E-state index contributed by atoms with van der Waals surface area (Å²) in [4.78, 5) is 2.42. The average molecular weight is 835 g/mol. The van der Waals surface area contributed by atoms with Crippen molar-refractivity contribution in [1.82, 2.24) is 4.57 Å². The molecule has 0 aliphatic heterocycles. The van der Waals surface area contributed by atoms with Crippen molar-refractivity contribution >= 4 is 92.3 Å². The molecule has 0 bridgehead atoms. The van der Waals surface area contributed by atoms with Crippen LogP contribution in [0.15, 0.2) is 235 Å². The summed E-state index contributed by atoms with van der Waals surface area (Å²) in [5.41, 5.74) is 15.9. The summed E-state index contributed by atoms with van der Waals surface area (Å²) in [7, 11) is 0. The average Bonchev–Trinajstić information content (AvgIpc) is 4.05. The van der Waals surface area contributed by atoms with Crippen molar-refractivity contribution in [2.24, 2.45) is 0 Å². The summed E-state index contributed by atoms with van der Waals surface area (Å²) in [6.45, 7) is 0. The largest absolute Gasteiger partial charge is 0.456 e. The van der Waals surface area contributed by atoms with Gasteiger partial charge in [-0.15, -0.1) is 11.3 Å². The van der Waals surface area contributed by atoms with Crippen molar-refractivity contribution in [3.8, 4) is 39.1 Å². The van der Waals surface area contributed by atoms with Gasteiger partial charge in [-0.25, -0.2) is 0 Å². The molecule has 0 radical (unpaired) electrons. The first-order chi connectivity index (χ1) is 31.7. The van der Waals surface area contributed by atoms with E-state index in [9.17, 15) is 0 Å². The Bertz CT molecular complexity index is 3840. The van der Waals surface area contributed by atoms with Gasteiger partial charge in [0.1, 0.15) is 11.2 Å². The van der Waals surface area contributed by atoms with E-state index in [1.165, 1.54) is 75.4 Å². The molecule has 0 aliphatic rings. The SMILES string of the molecule is c1ccc(N(c2ccc(-c3cccc(-n4c5ccccc5c5ccccc54)c3)cc2)c2ccc(-c3ccc(-c4cccc5oc6ccccc6c45)cc3)c3sc4ccccc4c23)cc1. The Hall–Kier alpha value is -8.18. The molecule has 0 N–H and O–H groups in total. The van der Waals surface area contributed by atoms with Gasteiger partial charge in [-0.1, -0.05) is 158 Å². The van der Waals surface area contributed by atoms with Gasteiger partial charge in [0.15, 0.2) is 0 Å². The third kappa shape index (κ3) is 5.81. The smallest absolute Gasteiger partial charge is 0.136 e. The molecular formula is C60H38N2OS. The molecule has 10 aromatic carbocycles. The molecule has 0 atom stereocenters. The van der Waals surface area contributed by atoms with Crippen molar-refractivity contribution in [2.75, 3.05) is 4.90 Å². The third-order valence-electron chi connectivity index (χ3n) is 12.8. The molecule has 13 aromatic rings. The van der Waals surface area contributed by atoms with E-state index in [0.717, 1.165) is 44.7 Å². The quantitative estimate of drug-likeness (QED) is 0.159. The number of thiophene rings is 1. The van der Waals surface area contributed by atoms with Crippen LogP contribution >= 0.6 is 11.3 Å². The number of nitrogens with zero attached hydrogens (tertiary/aromatic N) is 2. The molecule has 0 aliphatic carbocycles. The van der Waals surface area contributed by atoms with E-state index >= 15 is 0 Å². The van der Waals surface area contributed by atoms with Crippen molar-refractivity contribution in [3.63, 3.8) is 0 Å². The number of para-hydroxylation sites is 4. The fraction of sp³-hybridized carbons (Fsp3) is 0. The maximum Gasteiger partial charge on any atom is 0.136 e. The molecule has 4 heteroatoms. The first-order valence-corrected chi connectivity index (χ1v) is 22.6. The van der Waals surface area contributed by atoms with Gasteiger partial charge in [-0.05, 0) is 106 Å². The highest BCUT2D eigenvalue weighted by Gasteiger charge is 2.22. The van der Waals surface area contributed by atoms with E-state index in [0.29, 0.717) is 0 Å². The molecule has 0 spiro atoms. The summed E-state index contributed by atoms with van der Waals surface area (Å²) in [6, 6.07) is 83.3. The Balaban J connectivity index is 0.911. The van der Waals surface area contributed by atoms with Crippen LogP contribution in [0.1, 0.15) is 0 Å². The standard InChI is InChI=1S/C60H38N2OS/c1-2-15-43(16-3-1)61(44-34-32-39(33-35-44)42-14-12-17-45(38-42)62-52-23-8-4-18-48(52)49-19-5-9-24-53(49)62)54-37-36-47(60-59(54)51-21-7-11-27-57(51)64-60)41-30-28-40(29-31-41)46-22-13-26-56-58(46)50-20-6-10-25-55(50)63-56/h1-38H. The van der Waals surface area contributed by atoms with Crippen LogP contribution in [0, 0.1) is 0 Å². The lowest BCUT2D eigenvalue weighted by molar-refractivity contribution is 0.669. The monoisotopic (exact) mass is 834 g/mol. The highest BCUT2D eigenvalue weighted by Crippen LogP contribution is 2.49. The second kappa shape index (κ2) is 14.7. The second-order valence-electron chi connectivity index (χ2n) is 16.4. The molecule has 3 aromatic heterocycles. The second-order valence-corrected chi connectivity index (χ2v) is 17.5. The molecule has 0 unspecified atom stereocenters. The van der Waals surface area contributed by atoms with E-state index in [1.54, 1.807) is 0 Å². The Labute approximate surface area is 373 Å². The van der Waals surface area contributed by atoms with Crippen LogP contribution in [0.4, 0.5) is 17.1 Å². The number of rotatable bonds is 7.